The summed E-state index contributed by atoms with van der Waals surface area (Å²) in [6, 6.07) is 4.91. The van der Waals surface area contributed by atoms with Gasteiger partial charge in [0.2, 0.25) is 0 Å². The van der Waals surface area contributed by atoms with E-state index >= 15 is 0 Å². The van der Waals surface area contributed by atoms with Crippen molar-refractivity contribution in [3.8, 4) is 0 Å². The van der Waals surface area contributed by atoms with Crippen LogP contribution in [0, 0.1) is 5.92 Å². The summed E-state index contributed by atoms with van der Waals surface area (Å²) in [7, 11) is 2.08. The molecule has 92 valence electrons. The molecule has 0 aromatic carbocycles. The van der Waals surface area contributed by atoms with Gasteiger partial charge in [-0.3, -0.25) is 0 Å². The number of thiophene rings is 1. The zero-order chi connectivity index (χ0) is 12.0. The predicted octanol–water partition coefficient (Wildman–Crippen LogP) is 4.99. The number of unbranched alkanes of at least 4 members (excludes halogenated alkanes) is 1. The Balaban J connectivity index is 2.70. The van der Waals surface area contributed by atoms with Crippen molar-refractivity contribution in [2.75, 3.05) is 7.05 Å². The SMILES string of the molecule is CCCCC(CC)C(NC)c1ccc(Br)s1. The molecule has 1 N–H and O–H groups in total. The number of hydrogen-bond donors (Lipinski definition) is 1. The quantitative estimate of drug-likeness (QED) is 0.748. The van der Waals surface area contributed by atoms with Crippen LogP contribution in [0.25, 0.3) is 0 Å². The molecule has 0 aliphatic rings. The molecule has 1 nitrogen and oxygen atoms in total. The molecule has 0 radical (unpaired) electrons. The number of nitrogens with one attached hydrogen (secondary N) is 1. The third-order valence-electron chi connectivity index (χ3n) is 3.14. The Hall–Kier alpha value is 0.140. The van der Waals surface area contributed by atoms with Gasteiger partial charge in [-0.2, -0.15) is 0 Å². The second-order valence-electron chi connectivity index (χ2n) is 4.22. The highest BCUT2D eigenvalue weighted by molar-refractivity contribution is 9.11. The second-order valence-corrected chi connectivity index (χ2v) is 6.71. The molecule has 0 aliphatic heterocycles. The van der Waals surface area contributed by atoms with Gasteiger partial charge in [0, 0.05) is 10.9 Å². The molecule has 1 aromatic rings. The van der Waals surface area contributed by atoms with Gasteiger partial charge in [0.15, 0.2) is 0 Å². The Bertz CT molecular complexity index is 298. The molecule has 0 fully saturated rings. The Morgan fingerprint density at radius 3 is 2.56 bits per heavy atom. The summed E-state index contributed by atoms with van der Waals surface area (Å²) in [5.41, 5.74) is 0. The van der Waals surface area contributed by atoms with Crippen LogP contribution >= 0.6 is 27.3 Å². The van der Waals surface area contributed by atoms with Crippen LogP contribution in [-0.2, 0) is 0 Å². The van der Waals surface area contributed by atoms with Crippen LogP contribution in [0.15, 0.2) is 15.9 Å². The van der Waals surface area contributed by atoms with E-state index in [-0.39, 0.29) is 0 Å². The maximum Gasteiger partial charge on any atom is 0.0701 e. The molecule has 2 unspecified atom stereocenters. The summed E-state index contributed by atoms with van der Waals surface area (Å²) in [6.07, 6.45) is 5.21. The average Bonchev–Trinajstić information content (AvgIpc) is 2.70. The van der Waals surface area contributed by atoms with Crippen molar-refractivity contribution in [1.29, 1.82) is 0 Å². The first kappa shape index (κ1) is 14.2. The van der Waals surface area contributed by atoms with Gasteiger partial charge in [-0.25, -0.2) is 0 Å². The smallest absolute Gasteiger partial charge is 0.0701 e. The molecule has 0 saturated heterocycles. The lowest BCUT2D eigenvalue weighted by Gasteiger charge is -2.25. The highest BCUT2D eigenvalue weighted by Crippen LogP contribution is 2.34. The van der Waals surface area contributed by atoms with Gasteiger partial charge in [0.1, 0.15) is 0 Å². The van der Waals surface area contributed by atoms with Gasteiger partial charge in [0.05, 0.1) is 3.79 Å². The Labute approximate surface area is 112 Å². The lowest BCUT2D eigenvalue weighted by molar-refractivity contribution is 0.343. The van der Waals surface area contributed by atoms with Gasteiger partial charge in [-0.15, -0.1) is 11.3 Å². The number of halogens is 1. The Kier molecular flexibility index (Phi) is 6.62. The fourth-order valence-corrected chi connectivity index (χ4v) is 3.81. The first-order valence-corrected chi connectivity index (χ1v) is 7.76. The topological polar surface area (TPSA) is 12.0 Å². The van der Waals surface area contributed by atoms with Gasteiger partial charge >= 0.3 is 0 Å². The molecule has 0 bridgehead atoms. The molecule has 0 aliphatic carbocycles. The number of hydrogen-bond acceptors (Lipinski definition) is 2. The minimum atomic E-state index is 0.521. The van der Waals surface area contributed by atoms with Crippen molar-refractivity contribution in [2.24, 2.45) is 5.92 Å². The summed E-state index contributed by atoms with van der Waals surface area (Å²) in [4.78, 5) is 1.46. The normalized spacial score (nSPS) is 15.0. The maximum absolute atomic E-state index is 3.54. The summed E-state index contributed by atoms with van der Waals surface area (Å²) in [5, 5.41) is 3.48. The van der Waals surface area contributed by atoms with E-state index in [1.54, 1.807) is 0 Å². The van der Waals surface area contributed by atoms with E-state index < -0.39 is 0 Å². The van der Waals surface area contributed by atoms with Gasteiger partial charge in [0.25, 0.3) is 0 Å². The maximum atomic E-state index is 3.54. The third kappa shape index (κ3) is 3.86. The van der Waals surface area contributed by atoms with E-state index in [0.717, 1.165) is 5.92 Å². The van der Waals surface area contributed by atoms with Crippen molar-refractivity contribution < 1.29 is 0 Å². The molecule has 3 heteroatoms. The van der Waals surface area contributed by atoms with E-state index in [1.165, 1.54) is 34.3 Å². The summed E-state index contributed by atoms with van der Waals surface area (Å²) in [6.45, 7) is 4.57. The van der Waals surface area contributed by atoms with Crippen molar-refractivity contribution in [1.82, 2.24) is 5.32 Å². The molecule has 1 heterocycles. The zero-order valence-corrected chi connectivity index (χ0v) is 12.8. The van der Waals surface area contributed by atoms with E-state index in [4.69, 9.17) is 0 Å². The zero-order valence-electron chi connectivity index (χ0n) is 10.4. The number of rotatable bonds is 7. The van der Waals surface area contributed by atoms with Crippen molar-refractivity contribution in [3.05, 3.63) is 20.8 Å². The fourth-order valence-electron chi connectivity index (χ4n) is 2.18. The molecular formula is C13H22BrNS. The van der Waals surface area contributed by atoms with Crippen molar-refractivity contribution in [3.63, 3.8) is 0 Å². The first-order valence-electron chi connectivity index (χ1n) is 6.15. The highest BCUT2D eigenvalue weighted by Gasteiger charge is 2.20. The van der Waals surface area contributed by atoms with E-state index in [1.807, 2.05) is 11.3 Å². The fraction of sp³-hybridized carbons (Fsp3) is 0.692. The Morgan fingerprint density at radius 1 is 1.38 bits per heavy atom. The van der Waals surface area contributed by atoms with Crippen LogP contribution in [-0.4, -0.2) is 7.05 Å². The first-order chi connectivity index (χ1) is 7.72. The van der Waals surface area contributed by atoms with Crippen molar-refractivity contribution >= 4 is 27.3 Å². The standard InChI is InChI=1S/C13H22BrNS/c1-4-6-7-10(5-2)13(15-3)11-8-9-12(14)16-11/h8-10,13,15H,4-7H2,1-3H3. The van der Waals surface area contributed by atoms with E-state index in [9.17, 15) is 0 Å². The molecule has 0 spiro atoms. The summed E-state index contributed by atoms with van der Waals surface area (Å²) < 4.78 is 1.23. The van der Waals surface area contributed by atoms with Crippen LogP contribution in [0.5, 0.6) is 0 Å². The molecule has 2 atom stereocenters. The van der Waals surface area contributed by atoms with Crippen LogP contribution in [0.3, 0.4) is 0 Å². The van der Waals surface area contributed by atoms with Crippen molar-refractivity contribution in [2.45, 2.75) is 45.6 Å². The van der Waals surface area contributed by atoms with Crippen LogP contribution < -0.4 is 5.32 Å². The largest absolute Gasteiger partial charge is 0.312 e. The van der Waals surface area contributed by atoms with Gasteiger partial charge in [-0.05, 0) is 47.4 Å². The molecule has 0 amide bonds. The van der Waals surface area contributed by atoms with Crippen LogP contribution in [0.4, 0.5) is 0 Å². The van der Waals surface area contributed by atoms with Gasteiger partial charge < -0.3 is 5.32 Å². The highest BCUT2D eigenvalue weighted by atomic mass is 79.9. The van der Waals surface area contributed by atoms with Crippen LogP contribution in [0.2, 0.25) is 0 Å². The monoisotopic (exact) mass is 303 g/mol. The van der Waals surface area contributed by atoms with E-state index in [0.29, 0.717) is 6.04 Å². The van der Waals surface area contributed by atoms with Crippen LogP contribution in [0.1, 0.15) is 50.4 Å². The predicted molar refractivity (Wildman–Crippen MR) is 77.1 cm³/mol. The second kappa shape index (κ2) is 7.46. The Morgan fingerprint density at radius 2 is 2.12 bits per heavy atom. The molecule has 1 aromatic heterocycles. The molecule has 0 saturated carbocycles. The minimum Gasteiger partial charge on any atom is -0.312 e. The third-order valence-corrected chi connectivity index (χ3v) is 4.84. The molecular weight excluding hydrogens is 282 g/mol. The molecule has 1 rings (SSSR count). The summed E-state index contributed by atoms with van der Waals surface area (Å²) in [5.74, 6) is 0.760. The van der Waals surface area contributed by atoms with Gasteiger partial charge in [-0.1, -0.05) is 33.1 Å². The average molecular weight is 304 g/mol. The lowest BCUT2D eigenvalue weighted by atomic mass is 9.90. The van der Waals surface area contributed by atoms with E-state index in [2.05, 4.69) is 54.3 Å². The molecule has 16 heavy (non-hydrogen) atoms. The lowest BCUT2D eigenvalue weighted by Crippen LogP contribution is -2.24. The minimum absolute atomic E-state index is 0.521. The summed E-state index contributed by atoms with van der Waals surface area (Å²) >= 11 is 5.40.